The minimum absolute atomic E-state index is 0.0208. The van der Waals surface area contributed by atoms with E-state index in [1.54, 1.807) is 0 Å². The molecule has 2 aromatic carbocycles. The molecule has 1 amide bonds. The second-order valence-corrected chi connectivity index (χ2v) is 9.48. The molecule has 0 fully saturated rings. The second-order valence-electron chi connectivity index (χ2n) is 7.15. The van der Waals surface area contributed by atoms with Crippen molar-refractivity contribution in [1.29, 1.82) is 0 Å². The van der Waals surface area contributed by atoms with Gasteiger partial charge in [-0.05, 0) is 60.6 Å². The summed E-state index contributed by atoms with van der Waals surface area (Å²) in [6, 6.07) is 6.85. The zero-order chi connectivity index (χ0) is 23.7. The lowest BCUT2D eigenvalue weighted by Crippen LogP contribution is -2.40. The van der Waals surface area contributed by atoms with Crippen molar-refractivity contribution in [3.05, 3.63) is 51.5 Å². The highest BCUT2D eigenvalue weighted by molar-refractivity contribution is 7.87. The van der Waals surface area contributed by atoms with Gasteiger partial charge in [0.15, 0.2) is 0 Å². The number of carbonyl (C=O) groups is 1. The van der Waals surface area contributed by atoms with Gasteiger partial charge in [-0.2, -0.15) is 21.6 Å². The lowest BCUT2D eigenvalue weighted by molar-refractivity contribution is -0.173. The molecule has 0 spiro atoms. The summed E-state index contributed by atoms with van der Waals surface area (Å²) in [4.78, 5) is 11.0. The Labute approximate surface area is 192 Å². The molecule has 3 rings (SSSR count). The first kappa shape index (κ1) is 24.5. The molecule has 1 aliphatic rings. The van der Waals surface area contributed by atoms with Gasteiger partial charge in [0, 0.05) is 12.6 Å². The third-order valence-corrected chi connectivity index (χ3v) is 7.11. The van der Waals surface area contributed by atoms with Crippen LogP contribution in [0.5, 0.6) is 11.5 Å². The standard InChI is InChI=1S/C20H18Cl2F3NO5S/c1-30-17-6-7-18(32(28,29)31-12-3-5-15(21)16(22)9-12)13-4-2-11(8-14(13)17)10-26-19(27)20(23,24)25/h3,5-7,9,11H,2,4,8,10H2,1H3,(H,26,27). The SMILES string of the molecule is COc1ccc(S(=O)(=O)Oc2ccc(Cl)c(Cl)c2)c2c1CC(CNC(=O)C(F)(F)F)CC2. The summed E-state index contributed by atoms with van der Waals surface area (Å²) in [6.45, 7) is -0.197. The number of hydrogen-bond acceptors (Lipinski definition) is 5. The van der Waals surface area contributed by atoms with Crippen molar-refractivity contribution in [2.45, 2.75) is 30.3 Å². The van der Waals surface area contributed by atoms with Gasteiger partial charge in [0.25, 0.3) is 0 Å². The third-order valence-electron chi connectivity index (χ3n) is 5.04. The maximum absolute atomic E-state index is 13.0. The molecule has 1 unspecified atom stereocenters. The van der Waals surface area contributed by atoms with Crippen LogP contribution in [0.2, 0.25) is 10.0 Å². The molecule has 0 radical (unpaired) electrons. The summed E-state index contributed by atoms with van der Waals surface area (Å²) in [6.07, 6.45) is -4.12. The molecule has 6 nitrogen and oxygen atoms in total. The first-order valence-corrected chi connectivity index (χ1v) is 11.5. The van der Waals surface area contributed by atoms with Crippen molar-refractivity contribution in [1.82, 2.24) is 5.32 Å². The Kier molecular flexibility index (Phi) is 7.16. The number of benzene rings is 2. The van der Waals surface area contributed by atoms with Crippen LogP contribution in [0.25, 0.3) is 0 Å². The Hall–Kier alpha value is -2.17. The molecule has 1 atom stereocenters. The first-order chi connectivity index (χ1) is 14.9. The van der Waals surface area contributed by atoms with E-state index in [2.05, 4.69) is 0 Å². The Balaban J connectivity index is 1.86. The summed E-state index contributed by atoms with van der Waals surface area (Å²) >= 11 is 11.8. The number of fused-ring (bicyclic) bond motifs is 1. The molecule has 174 valence electrons. The molecule has 12 heteroatoms. The van der Waals surface area contributed by atoms with E-state index in [-0.39, 0.29) is 46.0 Å². The molecule has 0 aliphatic heterocycles. The van der Waals surface area contributed by atoms with Gasteiger partial charge in [0.1, 0.15) is 16.4 Å². The Bertz CT molecular complexity index is 1140. The van der Waals surface area contributed by atoms with Crippen molar-refractivity contribution in [2.75, 3.05) is 13.7 Å². The average molecular weight is 512 g/mol. The van der Waals surface area contributed by atoms with Crippen LogP contribution in [-0.4, -0.2) is 34.2 Å². The van der Waals surface area contributed by atoms with Gasteiger partial charge in [-0.3, -0.25) is 4.79 Å². The van der Waals surface area contributed by atoms with Crippen molar-refractivity contribution in [3.63, 3.8) is 0 Å². The molecule has 0 saturated carbocycles. The number of hydrogen-bond donors (Lipinski definition) is 1. The number of alkyl halides is 3. The Morgan fingerprint density at radius 1 is 1.16 bits per heavy atom. The largest absolute Gasteiger partial charge is 0.496 e. The van der Waals surface area contributed by atoms with E-state index in [4.69, 9.17) is 32.1 Å². The van der Waals surface area contributed by atoms with E-state index in [0.717, 1.165) is 0 Å². The Morgan fingerprint density at radius 2 is 1.88 bits per heavy atom. The number of rotatable bonds is 6. The van der Waals surface area contributed by atoms with Crippen LogP contribution in [0.4, 0.5) is 13.2 Å². The minimum atomic E-state index is -4.96. The molecule has 0 saturated heterocycles. The summed E-state index contributed by atoms with van der Waals surface area (Å²) < 4.78 is 73.8. The van der Waals surface area contributed by atoms with Gasteiger partial charge < -0.3 is 14.2 Å². The predicted octanol–water partition coefficient (Wildman–Crippen LogP) is 4.55. The quantitative estimate of drug-likeness (QED) is 0.575. The summed E-state index contributed by atoms with van der Waals surface area (Å²) in [7, 11) is -2.84. The van der Waals surface area contributed by atoms with Crippen LogP contribution >= 0.6 is 23.2 Å². The number of nitrogens with one attached hydrogen (secondary N) is 1. The van der Waals surface area contributed by atoms with Crippen LogP contribution in [0.15, 0.2) is 35.2 Å². The van der Waals surface area contributed by atoms with Crippen molar-refractivity contribution < 1.29 is 35.3 Å². The van der Waals surface area contributed by atoms with E-state index in [1.807, 2.05) is 5.32 Å². The summed E-state index contributed by atoms with van der Waals surface area (Å²) in [5.74, 6) is -1.95. The van der Waals surface area contributed by atoms with Crippen LogP contribution in [0.3, 0.4) is 0 Å². The predicted molar refractivity (Wildman–Crippen MR) is 112 cm³/mol. The molecule has 32 heavy (non-hydrogen) atoms. The zero-order valence-electron chi connectivity index (χ0n) is 16.6. The summed E-state index contributed by atoms with van der Waals surface area (Å²) in [5, 5.41) is 2.24. The number of carbonyl (C=O) groups excluding carboxylic acids is 1. The molecule has 0 bridgehead atoms. The average Bonchev–Trinajstić information content (AvgIpc) is 2.72. The smallest absolute Gasteiger partial charge is 0.471 e. The maximum Gasteiger partial charge on any atom is 0.471 e. The van der Waals surface area contributed by atoms with E-state index >= 15 is 0 Å². The van der Waals surface area contributed by atoms with Crippen molar-refractivity contribution in [3.8, 4) is 11.5 Å². The van der Waals surface area contributed by atoms with Crippen molar-refractivity contribution >= 4 is 39.2 Å². The first-order valence-electron chi connectivity index (χ1n) is 9.35. The number of halogens is 5. The van der Waals surface area contributed by atoms with Gasteiger partial charge in [-0.1, -0.05) is 23.2 Å². The van der Waals surface area contributed by atoms with Crippen molar-refractivity contribution in [2.24, 2.45) is 5.92 Å². The highest BCUT2D eigenvalue weighted by atomic mass is 35.5. The number of ether oxygens (including phenoxy) is 1. The topological polar surface area (TPSA) is 81.7 Å². The van der Waals surface area contributed by atoms with E-state index in [9.17, 15) is 26.4 Å². The summed E-state index contributed by atoms with van der Waals surface area (Å²) in [5.41, 5.74) is 1.01. The fourth-order valence-corrected chi connectivity index (χ4v) is 5.02. The van der Waals surface area contributed by atoms with E-state index < -0.39 is 22.2 Å². The van der Waals surface area contributed by atoms with Gasteiger partial charge in [-0.15, -0.1) is 0 Å². The molecule has 2 aromatic rings. The second kappa shape index (κ2) is 9.36. The molecule has 1 aliphatic carbocycles. The highest BCUT2D eigenvalue weighted by Gasteiger charge is 2.39. The minimum Gasteiger partial charge on any atom is -0.496 e. The maximum atomic E-state index is 13.0. The van der Waals surface area contributed by atoms with Crippen LogP contribution in [-0.2, 0) is 27.8 Å². The van der Waals surface area contributed by atoms with Crippen LogP contribution in [0, 0.1) is 5.92 Å². The third kappa shape index (κ3) is 5.41. The molecular weight excluding hydrogens is 494 g/mol. The molecule has 0 aromatic heterocycles. The fraction of sp³-hybridized carbons (Fsp3) is 0.350. The van der Waals surface area contributed by atoms with E-state index in [1.165, 1.54) is 37.4 Å². The van der Waals surface area contributed by atoms with E-state index in [0.29, 0.717) is 23.3 Å². The lowest BCUT2D eigenvalue weighted by Gasteiger charge is -2.28. The number of methoxy groups -OCH3 is 1. The fourth-order valence-electron chi connectivity index (χ4n) is 3.52. The Morgan fingerprint density at radius 3 is 2.50 bits per heavy atom. The monoisotopic (exact) mass is 511 g/mol. The van der Waals surface area contributed by atoms with Gasteiger partial charge in [0.05, 0.1) is 17.2 Å². The normalized spacial score (nSPS) is 16.2. The number of amides is 1. The van der Waals surface area contributed by atoms with Gasteiger partial charge in [0.2, 0.25) is 0 Å². The van der Waals surface area contributed by atoms with Crippen LogP contribution < -0.4 is 14.2 Å². The molecule has 1 N–H and O–H groups in total. The molecular formula is C20H18Cl2F3NO5S. The highest BCUT2D eigenvalue weighted by Crippen LogP contribution is 2.37. The van der Waals surface area contributed by atoms with Gasteiger partial charge >= 0.3 is 22.2 Å². The van der Waals surface area contributed by atoms with Crippen LogP contribution in [0.1, 0.15) is 17.5 Å². The lowest BCUT2D eigenvalue weighted by atomic mass is 9.83. The zero-order valence-corrected chi connectivity index (χ0v) is 19.0. The van der Waals surface area contributed by atoms with Gasteiger partial charge in [-0.25, -0.2) is 0 Å². The molecule has 0 heterocycles.